The lowest BCUT2D eigenvalue weighted by Crippen LogP contribution is -1.92. The number of hydrogen-bond donors (Lipinski definition) is 1. The third kappa shape index (κ3) is 2.35. The fraction of sp³-hybridized carbons (Fsp3) is 0.200. The van der Waals surface area contributed by atoms with Crippen molar-refractivity contribution >= 4 is 6.08 Å². The van der Waals surface area contributed by atoms with E-state index >= 15 is 0 Å². The van der Waals surface area contributed by atoms with Gasteiger partial charge < -0.3 is 5.11 Å². The summed E-state index contributed by atoms with van der Waals surface area (Å²) in [7, 11) is 0. The number of benzene rings is 1. The molecule has 0 heterocycles. The third-order valence-corrected chi connectivity index (χ3v) is 1.67. The predicted octanol–water partition coefficient (Wildman–Crippen LogP) is 2.50. The van der Waals surface area contributed by atoms with Crippen LogP contribution in [0.25, 0.3) is 6.08 Å². The molecule has 1 aromatic rings. The van der Waals surface area contributed by atoms with Gasteiger partial charge in [-0.2, -0.15) is 0 Å². The van der Waals surface area contributed by atoms with E-state index in [9.17, 15) is 13.2 Å². The molecule has 0 fully saturated rings. The highest BCUT2D eigenvalue weighted by molar-refractivity contribution is 5.52. The van der Waals surface area contributed by atoms with E-state index in [4.69, 9.17) is 5.11 Å². The summed E-state index contributed by atoms with van der Waals surface area (Å²) in [5, 5.41) is 8.66. The molecule has 76 valence electrons. The summed E-state index contributed by atoms with van der Waals surface area (Å²) >= 11 is 0. The van der Waals surface area contributed by atoms with Crippen molar-refractivity contribution in [3.05, 3.63) is 40.7 Å². The average molecular weight is 202 g/mol. The first kappa shape index (κ1) is 10.8. The molecule has 0 spiro atoms. The average Bonchev–Trinajstić information content (AvgIpc) is 2.14. The minimum Gasteiger partial charge on any atom is -0.392 e. The zero-order valence-corrected chi connectivity index (χ0v) is 7.52. The predicted molar refractivity (Wildman–Crippen MR) is 47.1 cm³/mol. The normalized spacial score (nSPS) is 11.9. The highest BCUT2D eigenvalue weighted by atomic mass is 19.2. The molecule has 0 amide bonds. The summed E-state index contributed by atoms with van der Waals surface area (Å²) in [5.74, 6) is -3.95. The first-order valence-electron chi connectivity index (χ1n) is 3.97. The first-order valence-corrected chi connectivity index (χ1v) is 3.97. The lowest BCUT2D eigenvalue weighted by Gasteiger charge is -1.99. The molecule has 1 rings (SSSR count). The zero-order valence-electron chi connectivity index (χ0n) is 7.52. The molecule has 0 aliphatic rings. The SMILES string of the molecule is CC(=Cc1cc(F)c(F)c(F)c1)CO. The molecule has 0 saturated heterocycles. The van der Waals surface area contributed by atoms with Gasteiger partial charge in [0.1, 0.15) is 0 Å². The molecule has 0 atom stereocenters. The van der Waals surface area contributed by atoms with E-state index in [1.54, 1.807) is 6.92 Å². The van der Waals surface area contributed by atoms with E-state index < -0.39 is 17.5 Å². The van der Waals surface area contributed by atoms with Crippen LogP contribution in [0.2, 0.25) is 0 Å². The molecule has 4 heteroatoms. The maximum Gasteiger partial charge on any atom is 0.194 e. The van der Waals surface area contributed by atoms with Crippen molar-refractivity contribution in [1.82, 2.24) is 0 Å². The number of aliphatic hydroxyl groups is 1. The van der Waals surface area contributed by atoms with E-state index in [1.165, 1.54) is 6.08 Å². The Balaban J connectivity index is 3.13. The molecule has 1 N–H and O–H groups in total. The summed E-state index contributed by atoms with van der Waals surface area (Å²) in [6.45, 7) is 1.39. The standard InChI is InChI=1S/C10H9F3O/c1-6(5-14)2-7-3-8(11)10(13)9(12)4-7/h2-4,14H,5H2,1H3. The van der Waals surface area contributed by atoms with Gasteiger partial charge in [0.25, 0.3) is 0 Å². The van der Waals surface area contributed by atoms with Crippen LogP contribution in [0, 0.1) is 17.5 Å². The van der Waals surface area contributed by atoms with Gasteiger partial charge in [-0.1, -0.05) is 6.08 Å². The van der Waals surface area contributed by atoms with Crippen molar-refractivity contribution in [2.45, 2.75) is 6.92 Å². The Hall–Kier alpha value is -1.29. The van der Waals surface area contributed by atoms with Gasteiger partial charge in [0.05, 0.1) is 6.61 Å². The van der Waals surface area contributed by atoms with E-state index in [0.29, 0.717) is 5.57 Å². The van der Waals surface area contributed by atoms with E-state index in [-0.39, 0.29) is 12.2 Å². The second kappa shape index (κ2) is 4.28. The monoisotopic (exact) mass is 202 g/mol. The lowest BCUT2D eigenvalue weighted by molar-refractivity contribution is 0.332. The largest absolute Gasteiger partial charge is 0.392 e. The van der Waals surface area contributed by atoms with Crippen LogP contribution in [0.1, 0.15) is 12.5 Å². The van der Waals surface area contributed by atoms with Crippen LogP contribution < -0.4 is 0 Å². The van der Waals surface area contributed by atoms with Gasteiger partial charge in [0.2, 0.25) is 0 Å². The number of hydrogen-bond acceptors (Lipinski definition) is 1. The number of aliphatic hydroxyl groups excluding tert-OH is 1. The van der Waals surface area contributed by atoms with Crippen LogP contribution in [-0.2, 0) is 0 Å². The summed E-state index contributed by atoms with van der Waals surface area (Å²) in [5.41, 5.74) is 0.725. The van der Waals surface area contributed by atoms with Crippen molar-refractivity contribution in [1.29, 1.82) is 0 Å². The molecular formula is C10H9F3O. The molecule has 1 nitrogen and oxygen atoms in total. The molecule has 14 heavy (non-hydrogen) atoms. The van der Waals surface area contributed by atoms with Gasteiger partial charge in [-0.05, 0) is 30.2 Å². The summed E-state index contributed by atoms with van der Waals surface area (Å²) in [6, 6.07) is 1.75. The van der Waals surface area contributed by atoms with Crippen LogP contribution in [0.5, 0.6) is 0 Å². The summed E-state index contributed by atoms with van der Waals surface area (Å²) in [6.07, 6.45) is 1.38. The second-order valence-corrected chi connectivity index (χ2v) is 2.95. The molecule has 0 radical (unpaired) electrons. The van der Waals surface area contributed by atoms with Crippen LogP contribution in [-0.4, -0.2) is 11.7 Å². The van der Waals surface area contributed by atoms with Crippen LogP contribution in [0.4, 0.5) is 13.2 Å². The fourth-order valence-corrected chi connectivity index (χ4v) is 0.989. The minimum atomic E-state index is -1.48. The Morgan fingerprint density at radius 2 is 1.79 bits per heavy atom. The highest BCUT2D eigenvalue weighted by Gasteiger charge is 2.09. The summed E-state index contributed by atoms with van der Waals surface area (Å²) < 4.78 is 37.9. The van der Waals surface area contributed by atoms with Crippen molar-refractivity contribution in [2.24, 2.45) is 0 Å². The second-order valence-electron chi connectivity index (χ2n) is 2.95. The summed E-state index contributed by atoms with van der Waals surface area (Å²) in [4.78, 5) is 0. The van der Waals surface area contributed by atoms with Gasteiger partial charge >= 0.3 is 0 Å². The van der Waals surface area contributed by atoms with Gasteiger partial charge in [0.15, 0.2) is 17.5 Å². The third-order valence-electron chi connectivity index (χ3n) is 1.67. The molecule has 1 aromatic carbocycles. The van der Waals surface area contributed by atoms with Crippen molar-refractivity contribution in [3.8, 4) is 0 Å². The maximum atomic E-state index is 12.7. The number of halogens is 3. The molecule has 0 aromatic heterocycles. The lowest BCUT2D eigenvalue weighted by atomic mass is 10.1. The molecule has 0 aliphatic carbocycles. The van der Waals surface area contributed by atoms with Gasteiger partial charge in [-0.15, -0.1) is 0 Å². The Labute approximate surface area is 79.5 Å². The van der Waals surface area contributed by atoms with E-state index in [0.717, 1.165) is 12.1 Å². The van der Waals surface area contributed by atoms with Gasteiger partial charge in [-0.25, -0.2) is 13.2 Å². The Morgan fingerprint density at radius 3 is 2.21 bits per heavy atom. The molecule has 0 unspecified atom stereocenters. The molecule has 0 saturated carbocycles. The van der Waals surface area contributed by atoms with E-state index in [1.807, 2.05) is 0 Å². The van der Waals surface area contributed by atoms with Crippen molar-refractivity contribution in [2.75, 3.05) is 6.61 Å². The van der Waals surface area contributed by atoms with Crippen LogP contribution in [0.3, 0.4) is 0 Å². The van der Waals surface area contributed by atoms with Crippen LogP contribution in [0.15, 0.2) is 17.7 Å². The fourth-order valence-electron chi connectivity index (χ4n) is 0.989. The number of rotatable bonds is 2. The van der Waals surface area contributed by atoms with E-state index in [2.05, 4.69) is 0 Å². The Bertz CT molecular complexity index is 349. The minimum absolute atomic E-state index is 0.188. The quantitative estimate of drug-likeness (QED) is 0.730. The molecule has 0 bridgehead atoms. The van der Waals surface area contributed by atoms with Gasteiger partial charge in [-0.3, -0.25) is 0 Å². The smallest absolute Gasteiger partial charge is 0.194 e. The van der Waals surface area contributed by atoms with Crippen LogP contribution >= 0.6 is 0 Å². The van der Waals surface area contributed by atoms with Crippen molar-refractivity contribution in [3.63, 3.8) is 0 Å². The topological polar surface area (TPSA) is 20.2 Å². The zero-order chi connectivity index (χ0) is 10.7. The molecule has 0 aliphatic heterocycles. The van der Waals surface area contributed by atoms with Gasteiger partial charge in [0, 0.05) is 0 Å². The molecular weight excluding hydrogens is 193 g/mol. The Kier molecular flexibility index (Phi) is 3.30. The first-order chi connectivity index (χ1) is 6.54. The van der Waals surface area contributed by atoms with Crippen molar-refractivity contribution < 1.29 is 18.3 Å². The maximum absolute atomic E-state index is 12.7. The Morgan fingerprint density at radius 1 is 1.29 bits per heavy atom. The highest BCUT2D eigenvalue weighted by Crippen LogP contribution is 2.15.